The Balaban J connectivity index is 1.63. The molecule has 0 aliphatic rings. The first kappa shape index (κ1) is 19.4. The van der Waals surface area contributed by atoms with Gasteiger partial charge in [0.2, 0.25) is 0 Å². The van der Waals surface area contributed by atoms with Crippen LogP contribution in [0.1, 0.15) is 35.3 Å². The van der Waals surface area contributed by atoms with E-state index in [1.807, 2.05) is 25.1 Å². The summed E-state index contributed by atoms with van der Waals surface area (Å²) in [5.41, 5.74) is 3.25. The second-order valence-corrected chi connectivity index (χ2v) is 6.66. The largest absolute Gasteiger partial charge is 0.464 e. The van der Waals surface area contributed by atoms with Gasteiger partial charge in [0.15, 0.2) is 11.9 Å². The van der Waals surface area contributed by atoms with Crippen molar-refractivity contribution in [3.05, 3.63) is 65.4 Å². The van der Waals surface area contributed by atoms with E-state index in [2.05, 4.69) is 5.32 Å². The fraction of sp³-hybridized carbons (Fsp3) is 0.227. The highest BCUT2D eigenvalue weighted by atomic mass is 16.5. The molecule has 0 fully saturated rings. The van der Waals surface area contributed by atoms with Gasteiger partial charge in [-0.1, -0.05) is 24.3 Å². The van der Waals surface area contributed by atoms with Crippen molar-refractivity contribution in [1.29, 1.82) is 0 Å². The minimum absolute atomic E-state index is 0.00227. The van der Waals surface area contributed by atoms with Gasteiger partial charge in [-0.05, 0) is 44.5 Å². The first-order chi connectivity index (χ1) is 13.3. The molecule has 2 aromatic carbocycles. The molecule has 28 heavy (non-hydrogen) atoms. The highest BCUT2D eigenvalue weighted by molar-refractivity contribution is 6.04. The molecule has 0 spiro atoms. The third-order valence-corrected chi connectivity index (χ3v) is 4.39. The third-order valence-electron chi connectivity index (χ3n) is 4.39. The number of Topliss-reactive ketones (excluding diaryl/α,β-unsaturated/α-hetero) is 1. The van der Waals surface area contributed by atoms with Gasteiger partial charge in [-0.2, -0.15) is 0 Å². The summed E-state index contributed by atoms with van der Waals surface area (Å²) in [5, 5.41) is 3.48. The molecule has 6 nitrogen and oxygen atoms in total. The lowest BCUT2D eigenvalue weighted by Crippen LogP contribution is -2.31. The molecule has 1 heterocycles. The van der Waals surface area contributed by atoms with Crippen LogP contribution in [-0.4, -0.2) is 23.8 Å². The second-order valence-electron chi connectivity index (χ2n) is 6.66. The maximum Gasteiger partial charge on any atom is 0.311 e. The molecular formula is C22H21NO5. The van der Waals surface area contributed by atoms with Crippen LogP contribution in [0.3, 0.4) is 0 Å². The summed E-state index contributed by atoms with van der Waals surface area (Å²) in [7, 11) is 0. The highest BCUT2D eigenvalue weighted by Gasteiger charge is 2.20. The molecule has 1 amide bonds. The van der Waals surface area contributed by atoms with Gasteiger partial charge in [-0.3, -0.25) is 14.4 Å². The van der Waals surface area contributed by atoms with Crippen LogP contribution in [0.25, 0.3) is 11.0 Å². The molecule has 6 heteroatoms. The maximum absolute atomic E-state index is 12.4. The van der Waals surface area contributed by atoms with Crippen molar-refractivity contribution in [2.45, 2.75) is 33.3 Å². The number of hydrogen-bond acceptors (Lipinski definition) is 5. The summed E-state index contributed by atoms with van der Waals surface area (Å²) < 4.78 is 10.7. The average molecular weight is 379 g/mol. The zero-order valence-corrected chi connectivity index (χ0v) is 15.9. The number of hydrogen-bond donors (Lipinski definition) is 1. The Kier molecular flexibility index (Phi) is 5.59. The van der Waals surface area contributed by atoms with Crippen molar-refractivity contribution in [3.63, 3.8) is 0 Å². The summed E-state index contributed by atoms with van der Waals surface area (Å²) in [6.07, 6.45) is 0.518. The topological polar surface area (TPSA) is 85.6 Å². The number of rotatable bonds is 6. The first-order valence-corrected chi connectivity index (χ1v) is 8.92. The molecule has 0 radical (unpaired) electrons. The number of nitrogens with one attached hydrogen (secondary N) is 1. The average Bonchev–Trinajstić information content (AvgIpc) is 3.03. The van der Waals surface area contributed by atoms with Gasteiger partial charge >= 0.3 is 5.97 Å². The van der Waals surface area contributed by atoms with Gasteiger partial charge < -0.3 is 14.5 Å². The summed E-state index contributed by atoms with van der Waals surface area (Å²) >= 11 is 0. The molecule has 0 saturated carbocycles. The Hall–Kier alpha value is -3.41. The molecule has 0 aliphatic heterocycles. The monoisotopic (exact) mass is 379 g/mol. The van der Waals surface area contributed by atoms with Gasteiger partial charge in [0.05, 0.1) is 18.4 Å². The fourth-order valence-electron chi connectivity index (χ4n) is 2.91. The van der Waals surface area contributed by atoms with Crippen LogP contribution in [0.2, 0.25) is 0 Å². The summed E-state index contributed by atoms with van der Waals surface area (Å²) in [6.45, 7) is 4.87. The Labute approximate surface area is 162 Å². The number of fused-ring (bicyclic) bond motifs is 1. The molecule has 1 N–H and O–H groups in total. The molecule has 0 bridgehead atoms. The number of carbonyl (C=O) groups excluding carboxylic acids is 3. The normalized spacial score (nSPS) is 11.8. The number of anilines is 1. The molecular weight excluding hydrogens is 358 g/mol. The highest BCUT2D eigenvalue weighted by Crippen LogP contribution is 2.23. The maximum atomic E-state index is 12.4. The van der Waals surface area contributed by atoms with Gasteiger partial charge in [0.25, 0.3) is 5.91 Å². The Bertz CT molecular complexity index is 1050. The number of aryl methyl sites for hydroxylation is 1. The minimum Gasteiger partial charge on any atom is -0.464 e. The zero-order chi connectivity index (χ0) is 20.3. The van der Waals surface area contributed by atoms with E-state index in [4.69, 9.17) is 9.15 Å². The van der Waals surface area contributed by atoms with Gasteiger partial charge in [0.1, 0.15) is 5.58 Å². The van der Waals surface area contributed by atoms with Crippen LogP contribution < -0.4 is 5.32 Å². The lowest BCUT2D eigenvalue weighted by molar-refractivity contribution is -0.152. The smallest absolute Gasteiger partial charge is 0.311 e. The number of furan rings is 1. The van der Waals surface area contributed by atoms with Crippen molar-refractivity contribution < 1.29 is 23.5 Å². The molecule has 0 unspecified atom stereocenters. The molecule has 3 aromatic rings. The molecule has 1 atom stereocenters. The number of benzene rings is 2. The number of amides is 1. The van der Waals surface area contributed by atoms with E-state index < -0.39 is 18.0 Å². The third kappa shape index (κ3) is 4.28. The molecule has 144 valence electrons. The van der Waals surface area contributed by atoms with Gasteiger partial charge in [0, 0.05) is 16.5 Å². The molecule has 3 rings (SSSR count). The van der Waals surface area contributed by atoms with Crippen LogP contribution in [-0.2, 0) is 20.7 Å². The summed E-state index contributed by atoms with van der Waals surface area (Å²) in [4.78, 5) is 36.3. The predicted molar refractivity (Wildman–Crippen MR) is 105 cm³/mol. The quantitative estimate of drug-likeness (QED) is 0.516. The SMILES string of the molecule is CC(=O)c1ccccc1NC(=O)[C@@H](C)OC(=O)Cc1coc2cc(C)ccc12. The van der Waals surface area contributed by atoms with Crippen molar-refractivity contribution in [1.82, 2.24) is 0 Å². The number of ether oxygens (including phenoxy) is 1. The van der Waals surface area contributed by atoms with Gasteiger partial charge in [-0.25, -0.2) is 0 Å². The van der Waals surface area contributed by atoms with E-state index in [0.29, 0.717) is 22.4 Å². The summed E-state index contributed by atoms with van der Waals surface area (Å²) in [6, 6.07) is 12.4. The lowest BCUT2D eigenvalue weighted by atomic mass is 10.1. The number of ketones is 1. The fourth-order valence-corrected chi connectivity index (χ4v) is 2.91. The van der Waals surface area contributed by atoms with E-state index in [-0.39, 0.29) is 12.2 Å². The Morgan fingerprint density at radius 1 is 1.14 bits per heavy atom. The summed E-state index contributed by atoms with van der Waals surface area (Å²) in [5.74, 6) is -1.21. The standard InChI is InChI=1S/C22H21NO5/c1-13-8-9-18-16(12-27-20(18)10-13)11-21(25)28-15(3)22(26)23-19-7-5-4-6-17(19)14(2)24/h4-10,12,15H,11H2,1-3H3,(H,23,26)/t15-/m1/s1. The van der Waals surface area contributed by atoms with Crippen LogP contribution in [0, 0.1) is 6.92 Å². The minimum atomic E-state index is -1.01. The lowest BCUT2D eigenvalue weighted by Gasteiger charge is -2.14. The molecule has 0 aliphatic carbocycles. The number of para-hydroxylation sites is 1. The van der Waals surface area contributed by atoms with E-state index in [0.717, 1.165) is 10.9 Å². The van der Waals surface area contributed by atoms with Crippen LogP contribution in [0.5, 0.6) is 0 Å². The van der Waals surface area contributed by atoms with E-state index in [9.17, 15) is 14.4 Å². The van der Waals surface area contributed by atoms with E-state index >= 15 is 0 Å². The van der Waals surface area contributed by atoms with E-state index in [1.165, 1.54) is 20.1 Å². The number of carbonyl (C=O) groups is 3. The molecule has 0 saturated heterocycles. The Morgan fingerprint density at radius 2 is 1.89 bits per heavy atom. The zero-order valence-electron chi connectivity index (χ0n) is 15.9. The van der Waals surface area contributed by atoms with Crippen molar-refractivity contribution in [3.8, 4) is 0 Å². The number of esters is 1. The van der Waals surface area contributed by atoms with E-state index in [1.54, 1.807) is 24.3 Å². The van der Waals surface area contributed by atoms with Crippen LogP contribution in [0.4, 0.5) is 5.69 Å². The first-order valence-electron chi connectivity index (χ1n) is 8.92. The van der Waals surface area contributed by atoms with Crippen LogP contribution >= 0.6 is 0 Å². The molecule has 1 aromatic heterocycles. The van der Waals surface area contributed by atoms with Gasteiger partial charge in [-0.15, -0.1) is 0 Å². The Morgan fingerprint density at radius 3 is 2.64 bits per heavy atom. The van der Waals surface area contributed by atoms with Crippen LogP contribution in [0.15, 0.2) is 53.1 Å². The van der Waals surface area contributed by atoms with Crippen molar-refractivity contribution in [2.75, 3.05) is 5.32 Å². The van der Waals surface area contributed by atoms with Crippen molar-refractivity contribution >= 4 is 34.3 Å². The van der Waals surface area contributed by atoms with Crippen molar-refractivity contribution in [2.24, 2.45) is 0 Å². The predicted octanol–water partition coefficient (Wildman–Crippen LogP) is 4.06. The second kappa shape index (κ2) is 8.08.